The molecule has 0 aromatic rings. The number of imide groups is 1. The number of carbonyl (C=O) groups excluding carboxylic acids is 2. The average Bonchev–Trinajstić information content (AvgIpc) is 2.66. The lowest BCUT2D eigenvalue weighted by molar-refractivity contribution is -0.142. The van der Waals surface area contributed by atoms with Crippen molar-refractivity contribution >= 4 is 11.8 Å². The Bertz CT molecular complexity index is 327. The van der Waals surface area contributed by atoms with E-state index in [1.165, 1.54) is 4.90 Å². The van der Waals surface area contributed by atoms with E-state index in [0.717, 1.165) is 38.5 Å². The van der Waals surface area contributed by atoms with Crippen LogP contribution in [0.5, 0.6) is 0 Å². The zero-order chi connectivity index (χ0) is 14.0. The molecule has 1 heterocycles. The van der Waals surface area contributed by atoms with Crippen molar-refractivity contribution in [2.75, 3.05) is 6.54 Å². The van der Waals surface area contributed by atoms with E-state index in [1.54, 1.807) is 0 Å². The molecule has 0 aromatic carbocycles. The van der Waals surface area contributed by atoms with Crippen LogP contribution in [0.1, 0.15) is 52.4 Å². The van der Waals surface area contributed by atoms with Crippen molar-refractivity contribution in [3.63, 3.8) is 0 Å². The van der Waals surface area contributed by atoms with Crippen LogP contribution in [0.3, 0.4) is 0 Å². The lowest BCUT2D eigenvalue weighted by Gasteiger charge is -2.24. The summed E-state index contributed by atoms with van der Waals surface area (Å²) in [4.78, 5) is 25.9. The number of carbonyl (C=O) groups is 2. The zero-order valence-corrected chi connectivity index (χ0v) is 12.0. The molecule has 1 aliphatic carbocycles. The second-order valence-electron chi connectivity index (χ2n) is 5.93. The number of fused-ring (bicyclic) bond motifs is 1. The Morgan fingerprint density at radius 1 is 1.11 bits per heavy atom. The van der Waals surface area contributed by atoms with Crippen LogP contribution < -0.4 is 0 Å². The molecule has 1 aliphatic heterocycles. The SMILES string of the molecule is CCC(CC)C(O)CN1C(=O)C2CCCCC2C1=O. The molecule has 108 valence electrons. The number of β-amino-alcohol motifs (C(OH)–C–C–N with tert-alkyl or cyclic N) is 1. The number of aliphatic hydroxyl groups excluding tert-OH is 1. The average molecular weight is 267 g/mol. The van der Waals surface area contributed by atoms with Crippen LogP contribution in [-0.2, 0) is 9.59 Å². The third-order valence-electron chi connectivity index (χ3n) is 4.89. The van der Waals surface area contributed by atoms with Gasteiger partial charge in [0.2, 0.25) is 11.8 Å². The molecule has 0 radical (unpaired) electrons. The highest BCUT2D eigenvalue weighted by Crippen LogP contribution is 2.38. The highest BCUT2D eigenvalue weighted by Gasteiger charge is 2.48. The minimum Gasteiger partial charge on any atom is -0.391 e. The molecule has 19 heavy (non-hydrogen) atoms. The fourth-order valence-electron chi connectivity index (χ4n) is 3.58. The molecule has 0 spiro atoms. The first-order valence-electron chi connectivity index (χ1n) is 7.63. The topological polar surface area (TPSA) is 57.6 Å². The molecule has 2 aliphatic rings. The van der Waals surface area contributed by atoms with Gasteiger partial charge in [0.25, 0.3) is 0 Å². The second kappa shape index (κ2) is 6.04. The van der Waals surface area contributed by atoms with Gasteiger partial charge in [0, 0.05) is 0 Å². The number of hydrogen-bond donors (Lipinski definition) is 1. The van der Waals surface area contributed by atoms with Crippen molar-refractivity contribution in [3.8, 4) is 0 Å². The third-order valence-corrected chi connectivity index (χ3v) is 4.89. The van der Waals surface area contributed by atoms with E-state index in [9.17, 15) is 14.7 Å². The quantitative estimate of drug-likeness (QED) is 0.775. The molecule has 4 nitrogen and oxygen atoms in total. The molecule has 3 atom stereocenters. The maximum Gasteiger partial charge on any atom is 0.233 e. The van der Waals surface area contributed by atoms with E-state index in [0.29, 0.717) is 0 Å². The van der Waals surface area contributed by atoms with E-state index >= 15 is 0 Å². The largest absolute Gasteiger partial charge is 0.391 e. The summed E-state index contributed by atoms with van der Waals surface area (Å²) in [5, 5.41) is 10.2. The molecule has 2 rings (SSSR count). The number of likely N-dealkylation sites (tertiary alicyclic amines) is 1. The summed E-state index contributed by atoms with van der Waals surface area (Å²) in [5.41, 5.74) is 0. The molecule has 1 saturated carbocycles. The molecule has 1 N–H and O–H groups in total. The molecule has 2 amide bonds. The maximum atomic E-state index is 12.3. The van der Waals surface area contributed by atoms with Gasteiger partial charge < -0.3 is 5.11 Å². The minimum atomic E-state index is -0.581. The molecule has 3 unspecified atom stereocenters. The Morgan fingerprint density at radius 2 is 1.58 bits per heavy atom. The molecular formula is C15H25NO3. The lowest BCUT2D eigenvalue weighted by atomic mass is 9.81. The van der Waals surface area contributed by atoms with Crippen LogP contribution >= 0.6 is 0 Å². The van der Waals surface area contributed by atoms with Crippen molar-refractivity contribution in [3.05, 3.63) is 0 Å². The molecule has 1 saturated heterocycles. The molecule has 0 bridgehead atoms. The number of aliphatic hydroxyl groups is 1. The number of hydrogen-bond acceptors (Lipinski definition) is 3. The first kappa shape index (κ1) is 14.5. The van der Waals surface area contributed by atoms with Crippen molar-refractivity contribution in [1.82, 2.24) is 4.90 Å². The molecule has 4 heteroatoms. The normalized spacial score (nSPS) is 28.9. The van der Waals surface area contributed by atoms with E-state index in [-0.39, 0.29) is 36.1 Å². The van der Waals surface area contributed by atoms with E-state index in [1.807, 2.05) is 13.8 Å². The van der Waals surface area contributed by atoms with Gasteiger partial charge in [0.1, 0.15) is 0 Å². The first-order valence-corrected chi connectivity index (χ1v) is 7.63. The Labute approximate surface area is 115 Å². The van der Waals surface area contributed by atoms with Crippen LogP contribution in [0.4, 0.5) is 0 Å². The van der Waals surface area contributed by atoms with Crippen LogP contribution in [0.2, 0.25) is 0 Å². The summed E-state index contributed by atoms with van der Waals surface area (Å²) in [6.07, 6.45) is 4.94. The van der Waals surface area contributed by atoms with Crippen LogP contribution in [0.15, 0.2) is 0 Å². The van der Waals surface area contributed by atoms with Gasteiger partial charge in [-0.1, -0.05) is 39.5 Å². The second-order valence-corrected chi connectivity index (χ2v) is 5.93. The van der Waals surface area contributed by atoms with Crippen molar-refractivity contribution in [2.45, 2.75) is 58.5 Å². The number of rotatable bonds is 5. The molecule has 0 aromatic heterocycles. The van der Waals surface area contributed by atoms with Crippen LogP contribution in [0.25, 0.3) is 0 Å². The maximum absolute atomic E-state index is 12.3. The van der Waals surface area contributed by atoms with Gasteiger partial charge in [-0.15, -0.1) is 0 Å². The third kappa shape index (κ3) is 2.69. The molecular weight excluding hydrogens is 242 g/mol. The highest BCUT2D eigenvalue weighted by atomic mass is 16.3. The van der Waals surface area contributed by atoms with Crippen molar-refractivity contribution < 1.29 is 14.7 Å². The number of nitrogens with zero attached hydrogens (tertiary/aromatic N) is 1. The Kier molecular flexibility index (Phi) is 4.61. The Hall–Kier alpha value is -0.900. The van der Waals surface area contributed by atoms with E-state index in [2.05, 4.69) is 0 Å². The first-order chi connectivity index (χ1) is 9.10. The predicted octanol–water partition coefficient (Wildman–Crippen LogP) is 1.96. The zero-order valence-electron chi connectivity index (χ0n) is 12.0. The van der Waals surface area contributed by atoms with Gasteiger partial charge in [-0.3, -0.25) is 14.5 Å². The van der Waals surface area contributed by atoms with Gasteiger partial charge in [0.15, 0.2) is 0 Å². The van der Waals surface area contributed by atoms with Gasteiger partial charge in [-0.25, -0.2) is 0 Å². The number of amides is 2. The van der Waals surface area contributed by atoms with Crippen LogP contribution in [-0.4, -0.2) is 34.5 Å². The minimum absolute atomic E-state index is 0.0419. The van der Waals surface area contributed by atoms with Gasteiger partial charge in [0.05, 0.1) is 24.5 Å². The van der Waals surface area contributed by atoms with Gasteiger partial charge in [-0.05, 0) is 18.8 Å². The highest BCUT2D eigenvalue weighted by molar-refractivity contribution is 6.05. The lowest BCUT2D eigenvalue weighted by Crippen LogP contribution is -2.40. The summed E-state index contributed by atoms with van der Waals surface area (Å²) in [5.74, 6) is -0.118. The van der Waals surface area contributed by atoms with E-state index < -0.39 is 6.10 Å². The fourth-order valence-corrected chi connectivity index (χ4v) is 3.58. The van der Waals surface area contributed by atoms with Crippen molar-refractivity contribution in [2.24, 2.45) is 17.8 Å². The molecule has 2 fully saturated rings. The van der Waals surface area contributed by atoms with Gasteiger partial charge in [-0.2, -0.15) is 0 Å². The standard InChI is InChI=1S/C15H25NO3/c1-3-10(4-2)13(17)9-16-14(18)11-7-5-6-8-12(11)15(16)19/h10-13,17H,3-9H2,1-2H3. The summed E-state index contributed by atoms with van der Waals surface area (Å²) in [7, 11) is 0. The smallest absolute Gasteiger partial charge is 0.233 e. The summed E-state index contributed by atoms with van der Waals surface area (Å²) in [6, 6.07) is 0. The summed E-state index contributed by atoms with van der Waals surface area (Å²) in [6.45, 7) is 4.26. The monoisotopic (exact) mass is 267 g/mol. The summed E-state index contributed by atoms with van der Waals surface area (Å²) < 4.78 is 0. The summed E-state index contributed by atoms with van der Waals surface area (Å²) >= 11 is 0. The Balaban J connectivity index is 2.04. The Morgan fingerprint density at radius 3 is 2.00 bits per heavy atom. The van der Waals surface area contributed by atoms with E-state index in [4.69, 9.17) is 0 Å². The van der Waals surface area contributed by atoms with Gasteiger partial charge >= 0.3 is 0 Å². The predicted molar refractivity (Wildman–Crippen MR) is 72.2 cm³/mol. The van der Waals surface area contributed by atoms with Crippen LogP contribution in [0, 0.1) is 17.8 Å². The van der Waals surface area contributed by atoms with Crippen molar-refractivity contribution in [1.29, 1.82) is 0 Å². The fraction of sp³-hybridized carbons (Fsp3) is 0.867.